The van der Waals surface area contributed by atoms with Gasteiger partial charge in [0.05, 0.1) is 6.42 Å². The molecule has 0 saturated carbocycles. The molecule has 0 aromatic carbocycles. The zero-order valence-electron chi connectivity index (χ0n) is 8.46. The number of rotatable bonds is 3. The smallest absolute Gasteiger partial charge is 0.166 e. The summed E-state index contributed by atoms with van der Waals surface area (Å²) in [6.07, 6.45) is 6.26. The standard InChI is InChI=1S/C9H10O2.C2H6/c1-7(10)6-9(11)8-4-2-3-5-8;1-2/h2-4H,5-6H2,1H3;1-2H3. The number of Topliss-reactive ketones (excluding diaryl/α,β-unsaturated/α-hetero) is 2. The summed E-state index contributed by atoms with van der Waals surface area (Å²) in [5.41, 5.74) is 0.750. The summed E-state index contributed by atoms with van der Waals surface area (Å²) in [5.74, 6) is -0.106. The highest BCUT2D eigenvalue weighted by Gasteiger charge is 2.11. The van der Waals surface area contributed by atoms with Gasteiger partial charge >= 0.3 is 0 Å². The zero-order valence-corrected chi connectivity index (χ0v) is 8.46. The second-order valence-electron chi connectivity index (χ2n) is 2.63. The Morgan fingerprint density at radius 2 is 2.00 bits per heavy atom. The number of carbonyl (C=O) groups excluding carboxylic acids is 2. The first kappa shape index (κ1) is 11.8. The zero-order chi connectivity index (χ0) is 10.3. The molecule has 0 atom stereocenters. The van der Waals surface area contributed by atoms with Crippen LogP contribution in [0.15, 0.2) is 23.8 Å². The Balaban J connectivity index is 0.000000671. The van der Waals surface area contributed by atoms with Crippen LogP contribution in [0.2, 0.25) is 0 Å². The van der Waals surface area contributed by atoms with Gasteiger partial charge in [0.2, 0.25) is 0 Å². The van der Waals surface area contributed by atoms with Crippen LogP contribution in [0.5, 0.6) is 0 Å². The monoisotopic (exact) mass is 180 g/mol. The van der Waals surface area contributed by atoms with E-state index >= 15 is 0 Å². The maximum atomic E-state index is 11.1. The molecular weight excluding hydrogens is 164 g/mol. The van der Waals surface area contributed by atoms with Crippen LogP contribution in [-0.2, 0) is 9.59 Å². The first-order valence-corrected chi connectivity index (χ1v) is 4.58. The molecule has 13 heavy (non-hydrogen) atoms. The Labute approximate surface area is 79.3 Å². The molecule has 0 bridgehead atoms. The van der Waals surface area contributed by atoms with Crippen molar-refractivity contribution in [1.29, 1.82) is 0 Å². The molecule has 0 radical (unpaired) electrons. The molecule has 0 saturated heterocycles. The molecule has 0 unspecified atom stereocenters. The molecule has 0 amide bonds. The molecule has 2 nitrogen and oxygen atoms in total. The van der Waals surface area contributed by atoms with E-state index in [1.807, 2.05) is 26.0 Å². The third kappa shape index (κ3) is 4.41. The fraction of sp³-hybridized carbons (Fsp3) is 0.455. The van der Waals surface area contributed by atoms with E-state index in [1.54, 1.807) is 6.08 Å². The van der Waals surface area contributed by atoms with Gasteiger partial charge in [-0.25, -0.2) is 0 Å². The number of hydrogen-bond acceptors (Lipinski definition) is 2. The number of allylic oxidation sites excluding steroid dienone is 4. The molecule has 0 N–H and O–H groups in total. The Kier molecular flexibility index (Phi) is 5.77. The molecule has 2 heteroatoms. The summed E-state index contributed by atoms with van der Waals surface area (Å²) in [4.78, 5) is 21.7. The summed E-state index contributed by atoms with van der Waals surface area (Å²) in [6, 6.07) is 0. The normalized spacial score (nSPS) is 13.0. The molecule has 0 aromatic heterocycles. The Bertz CT molecular complexity index is 247. The fourth-order valence-electron chi connectivity index (χ4n) is 0.994. The second kappa shape index (κ2) is 6.35. The number of ketones is 2. The molecule has 1 aliphatic carbocycles. The predicted molar refractivity (Wildman–Crippen MR) is 53.5 cm³/mol. The molecule has 0 heterocycles. The molecule has 1 rings (SSSR count). The van der Waals surface area contributed by atoms with Crippen molar-refractivity contribution in [2.24, 2.45) is 0 Å². The lowest BCUT2D eigenvalue weighted by Crippen LogP contribution is -2.05. The minimum Gasteiger partial charge on any atom is -0.300 e. The van der Waals surface area contributed by atoms with Crippen molar-refractivity contribution in [1.82, 2.24) is 0 Å². The van der Waals surface area contributed by atoms with Gasteiger partial charge in [-0.2, -0.15) is 0 Å². The lowest BCUT2D eigenvalue weighted by atomic mass is 10.1. The van der Waals surface area contributed by atoms with Gasteiger partial charge in [0.15, 0.2) is 5.78 Å². The molecule has 0 aliphatic heterocycles. The predicted octanol–water partition coefficient (Wildman–Crippen LogP) is 2.45. The fourth-order valence-corrected chi connectivity index (χ4v) is 0.994. The summed E-state index contributed by atoms with van der Waals surface area (Å²) in [7, 11) is 0. The van der Waals surface area contributed by atoms with Crippen molar-refractivity contribution in [3.8, 4) is 0 Å². The summed E-state index contributed by atoms with van der Waals surface area (Å²) in [6.45, 7) is 5.43. The Morgan fingerprint density at radius 3 is 2.38 bits per heavy atom. The van der Waals surface area contributed by atoms with Gasteiger partial charge in [0.1, 0.15) is 5.78 Å². The maximum Gasteiger partial charge on any atom is 0.166 e. The summed E-state index contributed by atoms with van der Waals surface area (Å²) < 4.78 is 0. The van der Waals surface area contributed by atoms with Crippen molar-refractivity contribution in [2.45, 2.75) is 33.6 Å². The van der Waals surface area contributed by atoms with Crippen molar-refractivity contribution < 1.29 is 9.59 Å². The minimum absolute atomic E-state index is 0.0394. The number of carbonyl (C=O) groups is 2. The number of hydrogen-bond donors (Lipinski definition) is 0. The van der Waals surface area contributed by atoms with E-state index in [2.05, 4.69) is 0 Å². The van der Waals surface area contributed by atoms with Crippen LogP contribution in [0.1, 0.15) is 33.6 Å². The van der Waals surface area contributed by atoms with Crippen LogP contribution < -0.4 is 0 Å². The van der Waals surface area contributed by atoms with E-state index < -0.39 is 0 Å². The van der Waals surface area contributed by atoms with Crippen LogP contribution in [0, 0.1) is 0 Å². The van der Waals surface area contributed by atoms with E-state index in [-0.39, 0.29) is 18.0 Å². The molecule has 1 aliphatic rings. The van der Waals surface area contributed by atoms with Gasteiger partial charge < -0.3 is 0 Å². The maximum absolute atomic E-state index is 11.1. The molecule has 72 valence electrons. The summed E-state index contributed by atoms with van der Waals surface area (Å²) in [5, 5.41) is 0. The lowest BCUT2D eigenvalue weighted by Gasteiger charge is -1.96. The highest BCUT2D eigenvalue weighted by molar-refractivity contribution is 6.07. The minimum atomic E-state index is -0.0669. The van der Waals surface area contributed by atoms with Crippen molar-refractivity contribution in [3.05, 3.63) is 23.8 Å². The lowest BCUT2D eigenvalue weighted by molar-refractivity contribution is -0.123. The molecule has 0 spiro atoms. The van der Waals surface area contributed by atoms with Crippen LogP contribution >= 0.6 is 0 Å². The van der Waals surface area contributed by atoms with Gasteiger partial charge in [-0.3, -0.25) is 9.59 Å². The van der Waals surface area contributed by atoms with E-state index in [9.17, 15) is 9.59 Å². The second-order valence-corrected chi connectivity index (χ2v) is 2.63. The Hall–Kier alpha value is -1.18. The summed E-state index contributed by atoms with van der Waals surface area (Å²) >= 11 is 0. The van der Waals surface area contributed by atoms with E-state index in [0.29, 0.717) is 6.42 Å². The van der Waals surface area contributed by atoms with Crippen LogP contribution in [0.25, 0.3) is 0 Å². The van der Waals surface area contributed by atoms with Gasteiger partial charge in [-0.05, 0) is 18.9 Å². The molecule has 0 aromatic rings. The molecular formula is C11H16O2. The largest absolute Gasteiger partial charge is 0.300 e. The quantitative estimate of drug-likeness (QED) is 0.625. The van der Waals surface area contributed by atoms with Gasteiger partial charge in [0, 0.05) is 0 Å². The van der Waals surface area contributed by atoms with Crippen molar-refractivity contribution in [3.63, 3.8) is 0 Å². The van der Waals surface area contributed by atoms with E-state index in [4.69, 9.17) is 0 Å². The van der Waals surface area contributed by atoms with Crippen molar-refractivity contribution in [2.75, 3.05) is 0 Å². The van der Waals surface area contributed by atoms with Crippen LogP contribution in [0.4, 0.5) is 0 Å². The van der Waals surface area contributed by atoms with Gasteiger partial charge in [-0.1, -0.05) is 32.1 Å². The van der Waals surface area contributed by atoms with Crippen LogP contribution in [-0.4, -0.2) is 11.6 Å². The highest BCUT2D eigenvalue weighted by Crippen LogP contribution is 2.12. The van der Waals surface area contributed by atoms with Gasteiger partial charge in [-0.15, -0.1) is 0 Å². The Morgan fingerprint density at radius 1 is 1.38 bits per heavy atom. The van der Waals surface area contributed by atoms with E-state index in [0.717, 1.165) is 5.57 Å². The van der Waals surface area contributed by atoms with Gasteiger partial charge in [0.25, 0.3) is 0 Å². The van der Waals surface area contributed by atoms with E-state index in [1.165, 1.54) is 6.92 Å². The first-order chi connectivity index (χ1) is 6.20. The third-order valence-corrected chi connectivity index (χ3v) is 1.54. The average molecular weight is 180 g/mol. The first-order valence-electron chi connectivity index (χ1n) is 4.58. The topological polar surface area (TPSA) is 34.1 Å². The van der Waals surface area contributed by atoms with Crippen LogP contribution in [0.3, 0.4) is 0 Å². The third-order valence-electron chi connectivity index (χ3n) is 1.54. The highest BCUT2D eigenvalue weighted by atomic mass is 16.1. The van der Waals surface area contributed by atoms with Crippen molar-refractivity contribution >= 4 is 11.6 Å². The average Bonchev–Trinajstić information content (AvgIpc) is 2.58. The molecule has 0 fully saturated rings. The SMILES string of the molecule is CC.CC(=O)CC(=O)C1=CC=CC1.